The summed E-state index contributed by atoms with van der Waals surface area (Å²) in [5.74, 6) is 0.539. The summed E-state index contributed by atoms with van der Waals surface area (Å²) < 4.78 is 15.8. The number of aryl methyl sites for hydroxylation is 1. The number of hydrogen-bond acceptors (Lipinski definition) is 6. The molecule has 0 aliphatic carbocycles. The number of aromatic nitrogens is 5. The van der Waals surface area contributed by atoms with Crippen LogP contribution in [-0.2, 0) is 0 Å². The number of fused-ring (bicyclic) bond motifs is 2. The molecule has 5 rings (SSSR count). The molecule has 1 aliphatic heterocycles. The van der Waals surface area contributed by atoms with Crippen molar-refractivity contribution in [3.8, 4) is 11.4 Å². The molecule has 4 aromatic rings. The van der Waals surface area contributed by atoms with Crippen LogP contribution in [0.1, 0.15) is 19.7 Å². The molecule has 0 amide bonds. The Bertz CT molecular complexity index is 1210. The Kier molecular flexibility index (Phi) is 4.16. The Balaban J connectivity index is 1.51. The predicted molar refractivity (Wildman–Crippen MR) is 110 cm³/mol. The van der Waals surface area contributed by atoms with Crippen LogP contribution in [0.15, 0.2) is 36.7 Å². The van der Waals surface area contributed by atoms with Crippen LogP contribution in [-0.4, -0.2) is 49.7 Å². The third-order valence-corrected chi connectivity index (χ3v) is 5.24. The number of nitrogens with zero attached hydrogens (tertiary/aromatic N) is 6. The van der Waals surface area contributed by atoms with E-state index in [-0.39, 0.29) is 5.65 Å². The Hall–Kier alpha value is -3.13. The molecule has 29 heavy (non-hydrogen) atoms. The average Bonchev–Trinajstić information content (AvgIpc) is 3.07. The number of pyridine rings is 1. The molecule has 0 spiro atoms. The first kappa shape index (κ1) is 17.9. The number of rotatable bonds is 2. The number of halogens is 1. The number of anilines is 1. The second-order valence-corrected chi connectivity index (χ2v) is 7.81. The lowest BCUT2D eigenvalue weighted by Crippen LogP contribution is -2.54. The maximum Gasteiger partial charge on any atom is 0.191 e. The molecule has 1 aliphatic rings. The lowest BCUT2D eigenvalue weighted by Gasteiger charge is -2.37. The van der Waals surface area contributed by atoms with Crippen molar-refractivity contribution < 1.29 is 4.39 Å². The van der Waals surface area contributed by atoms with Crippen LogP contribution in [0.25, 0.3) is 27.9 Å². The minimum absolute atomic E-state index is 0.205. The molecular formula is C21H22FN7. The van der Waals surface area contributed by atoms with E-state index in [1.165, 1.54) is 16.3 Å². The van der Waals surface area contributed by atoms with Gasteiger partial charge in [-0.2, -0.15) is 5.10 Å². The molecule has 2 atom stereocenters. The van der Waals surface area contributed by atoms with Crippen LogP contribution < -0.4 is 10.2 Å². The highest BCUT2D eigenvalue weighted by atomic mass is 19.1. The van der Waals surface area contributed by atoms with Gasteiger partial charge in [0, 0.05) is 54.2 Å². The largest absolute Gasteiger partial charge is 0.368 e. The van der Waals surface area contributed by atoms with E-state index < -0.39 is 5.82 Å². The van der Waals surface area contributed by atoms with Crippen LogP contribution >= 0.6 is 0 Å². The number of hydrogen-bond donors (Lipinski definition) is 1. The smallest absolute Gasteiger partial charge is 0.191 e. The zero-order valence-electron chi connectivity index (χ0n) is 16.6. The molecule has 1 fully saturated rings. The van der Waals surface area contributed by atoms with Crippen molar-refractivity contribution in [1.29, 1.82) is 0 Å². The van der Waals surface area contributed by atoms with E-state index in [9.17, 15) is 4.39 Å². The fourth-order valence-electron chi connectivity index (χ4n) is 4.07. The van der Waals surface area contributed by atoms with Crippen LogP contribution in [0.2, 0.25) is 0 Å². The molecule has 7 nitrogen and oxygen atoms in total. The van der Waals surface area contributed by atoms with E-state index in [0.29, 0.717) is 29.3 Å². The topological polar surface area (TPSA) is 71.2 Å². The van der Waals surface area contributed by atoms with E-state index in [0.717, 1.165) is 24.0 Å². The lowest BCUT2D eigenvalue weighted by molar-refractivity contribution is 0.407. The van der Waals surface area contributed by atoms with Gasteiger partial charge in [0.15, 0.2) is 17.3 Å². The normalized spacial score (nSPS) is 19.9. The number of nitrogens with one attached hydrogen (secondary N) is 1. The van der Waals surface area contributed by atoms with E-state index in [4.69, 9.17) is 0 Å². The van der Waals surface area contributed by atoms with Crippen LogP contribution in [0.5, 0.6) is 0 Å². The highest BCUT2D eigenvalue weighted by Crippen LogP contribution is 2.25. The van der Waals surface area contributed by atoms with E-state index in [2.05, 4.69) is 56.2 Å². The summed E-state index contributed by atoms with van der Waals surface area (Å²) in [6.45, 7) is 8.06. The standard InChI is InChI=1S/C21H22FN7/c1-12-9-28(10-13(2)24-12)17-4-5-19-15(6-17)8-23-20(26-19)16-7-18(22)21-25-14(3)27-29(21)11-16/h4-8,11-13,24H,9-10H2,1-3H3. The zero-order valence-corrected chi connectivity index (χ0v) is 16.6. The number of benzene rings is 1. The molecule has 0 bridgehead atoms. The second-order valence-electron chi connectivity index (χ2n) is 7.81. The molecule has 148 valence electrons. The summed E-state index contributed by atoms with van der Waals surface area (Å²) in [6.07, 6.45) is 3.50. The highest BCUT2D eigenvalue weighted by molar-refractivity contribution is 5.83. The van der Waals surface area contributed by atoms with Crippen molar-refractivity contribution >= 4 is 22.2 Å². The quantitative estimate of drug-likeness (QED) is 0.567. The van der Waals surface area contributed by atoms with Crippen molar-refractivity contribution in [3.63, 3.8) is 0 Å². The first-order valence-electron chi connectivity index (χ1n) is 9.77. The van der Waals surface area contributed by atoms with Crippen LogP contribution in [0.3, 0.4) is 0 Å². The molecule has 8 heteroatoms. The van der Waals surface area contributed by atoms with Gasteiger partial charge in [-0.15, -0.1) is 0 Å². The molecule has 0 radical (unpaired) electrons. The molecular weight excluding hydrogens is 369 g/mol. The molecule has 2 unspecified atom stereocenters. The monoisotopic (exact) mass is 391 g/mol. The van der Waals surface area contributed by atoms with Crippen molar-refractivity contribution in [3.05, 3.63) is 48.3 Å². The van der Waals surface area contributed by atoms with E-state index >= 15 is 0 Å². The summed E-state index contributed by atoms with van der Waals surface area (Å²) in [5, 5.41) is 8.71. The SMILES string of the molecule is Cc1nc2c(F)cc(-c3ncc4cc(N5CC(C)NC(C)C5)ccc4n3)cn2n1. The van der Waals surface area contributed by atoms with Gasteiger partial charge < -0.3 is 10.2 Å². The first-order chi connectivity index (χ1) is 14.0. The first-order valence-corrected chi connectivity index (χ1v) is 9.77. The minimum atomic E-state index is -0.441. The lowest BCUT2D eigenvalue weighted by atomic mass is 10.1. The second kappa shape index (κ2) is 6.73. The maximum atomic E-state index is 14.4. The van der Waals surface area contributed by atoms with Gasteiger partial charge in [0.2, 0.25) is 0 Å². The molecule has 3 aromatic heterocycles. The van der Waals surface area contributed by atoms with Gasteiger partial charge in [0.1, 0.15) is 5.82 Å². The third-order valence-electron chi connectivity index (χ3n) is 5.24. The fraction of sp³-hybridized carbons (Fsp3) is 0.333. The summed E-state index contributed by atoms with van der Waals surface area (Å²) in [6, 6.07) is 8.50. The van der Waals surface area contributed by atoms with Gasteiger partial charge in [-0.25, -0.2) is 23.9 Å². The minimum Gasteiger partial charge on any atom is -0.368 e. The van der Waals surface area contributed by atoms with Gasteiger partial charge >= 0.3 is 0 Å². The fourth-order valence-corrected chi connectivity index (χ4v) is 4.07. The van der Waals surface area contributed by atoms with Gasteiger partial charge in [0.25, 0.3) is 0 Å². The molecule has 0 saturated carbocycles. The predicted octanol–water partition coefficient (Wildman–Crippen LogP) is 2.97. The number of piperazine rings is 1. The Labute approximate surface area is 167 Å². The third kappa shape index (κ3) is 3.29. The molecule has 1 saturated heterocycles. The van der Waals surface area contributed by atoms with Crippen molar-refractivity contribution in [2.24, 2.45) is 0 Å². The van der Waals surface area contributed by atoms with Gasteiger partial charge in [-0.1, -0.05) is 0 Å². The summed E-state index contributed by atoms with van der Waals surface area (Å²) >= 11 is 0. The van der Waals surface area contributed by atoms with Crippen LogP contribution in [0.4, 0.5) is 10.1 Å². The van der Waals surface area contributed by atoms with E-state index in [1.54, 1.807) is 19.3 Å². The van der Waals surface area contributed by atoms with Crippen LogP contribution in [0, 0.1) is 12.7 Å². The van der Waals surface area contributed by atoms with Crippen molar-refractivity contribution in [2.45, 2.75) is 32.9 Å². The zero-order chi connectivity index (χ0) is 20.1. The van der Waals surface area contributed by atoms with Gasteiger partial charge in [-0.3, -0.25) is 0 Å². The van der Waals surface area contributed by atoms with E-state index in [1.807, 2.05) is 6.07 Å². The molecule has 1 N–H and O–H groups in total. The molecule has 1 aromatic carbocycles. The Morgan fingerprint density at radius 3 is 2.69 bits per heavy atom. The van der Waals surface area contributed by atoms with Crippen molar-refractivity contribution in [2.75, 3.05) is 18.0 Å². The summed E-state index contributed by atoms with van der Waals surface area (Å²) in [5.41, 5.74) is 2.76. The molecule has 4 heterocycles. The Morgan fingerprint density at radius 1 is 1.10 bits per heavy atom. The summed E-state index contributed by atoms with van der Waals surface area (Å²) in [4.78, 5) is 15.6. The highest BCUT2D eigenvalue weighted by Gasteiger charge is 2.21. The van der Waals surface area contributed by atoms with Crippen molar-refractivity contribution in [1.82, 2.24) is 29.9 Å². The average molecular weight is 391 g/mol. The van der Waals surface area contributed by atoms with Gasteiger partial charge in [-0.05, 0) is 45.0 Å². The summed E-state index contributed by atoms with van der Waals surface area (Å²) in [7, 11) is 0. The maximum absolute atomic E-state index is 14.4. The Morgan fingerprint density at radius 2 is 1.90 bits per heavy atom. The van der Waals surface area contributed by atoms with Gasteiger partial charge in [0.05, 0.1) is 5.52 Å².